The van der Waals surface area contributed by atoms with Crippen LogP contribution in [0.25, 0.3) is 0 Å². The molecule has 0 saturated carbocycles. The molecule has 0 unspecified atom stereocenters. The predicted octanol–water partition coefficient (Wildman–Crippen LogP) is 3.91. The molecule has 1 heterocycles. The van der Waals surface area contributed by atoms with Crippen molar-refractivity contribution in [2.24, 2.45) is 0 Å². The van der Waals surface area contributed by atoms with Crippen LogP contribution < -0.4 is 11.1 Å². The molecule has 0 spiro atoms. The second-order valence-electron chi connectivity index (χ2n) is 5.63. The molecule has 1 fully saturated rings. The first-order chi connectivity index (χ1) is 11.2. The fourth-order valence-electron chi connectivity index (χ4n) is 2.67. The maximum absolute atomic E-state index is 12.3. The van der Waals surface area contributed by atoms with Crippen molar-refractivity contribution in [1.82, 2.24) is 4.90 Å². The minimum atomic E-state index is -0.172. The number of nitrogens with one attached hydrogen (secondary N) is 1. The van der Waals surface area contributed by atoms with E-state index in [1.165, 1.54) is 17.1 Å². The van der Waals surface area contributed by atoms with Gasteiger partial charge in [-0.3, -0.25) is 9.69 Å². The zero-order valence-corrected chi connectivity index (χ0v) is 16.3. The highest BCUT2D eigenvalue weighted by molar-refractivity contribution is 7.99. The van der Waals surface area contributed by atoms with Crippen LogP contribution in [-0.2, 0) is 6.54 Å². The second kappa shape index (κ2) is 10.6. The molecular weight excluding hydrogens is 377 g/mol. The van der Waals surface area contributed by atoms with E-state index >= 15 is 0 Å². The number of nitrogens with two attached hydrogens (primary N) is 1. The Morgan fingerprint density at radius 2 is 1.80 bits per heavy atom. The lowest BCUT2D eigenvalue weighted by atomic mass is 10.1. The Hall–Kier alpha value is -1.40. The minimum Gasteiger partial charge on any atom is -0.398 e. The predicted molar refractivity (Wildman–Crippen MR) is 112 cm³/mol. The molecule has 0 atom stereocenters. The fraction of sp³-hybridized carbons (Fsp3) is 0.278. The summed E-state index contributed by atoms with van der Waals surface area (Å²) < 4.78 is 0. The normalized spacial score (nSPS) is 14.1. The van der Waals surface area contributed by atoms with Gasteiger partial charge in [-0.05, 0) is 29.8 Å². The SMILES string of the molecule is Cl.Cl.Nc1ccccc1C(=O)Nc1cccc(CN2CCSCC2)c1. The molecule has 3 rings (SSSR count). The number of nitrogens with zero attached hydrogens (tertiary/aromatic N) is 1. The Labute approximate surface area is 165 Å². The van der Waals surface area contributed by atoms with Crippen LogP contribution >= 0.6 is 36.6 Å². The summed E-state index contributed by atoms with van der Waals surface area (Å²) in [7, 11) is 0. The third kappa shape index (κ3) is 6.12. The van der Waals surface area contributed by atoms with Gasteiger partial charge in [0, 0.05) is 42.5 Å². The molecule has 0 aromatic heterocycles. The van der Waals surface area contributed by atoms with Crippen molar-refractivity contribution in [1.29, 1.82) is 0 Å². The zero-order valence-electron chi connectivity index (χ0n) is 13.8. The molecule has 1 aliphatic rings. The van der Waals surface area contributed by atoms with Crippen LogP contribution in [0.5, 0.6) is 0 Å². The third-order valence-corrected chi connectivity index (χ3v) is 4.84. The van der Waals surface area contributed by atoms with E-state index in [4.69, 9.17) is 5.73 Å². The highest BCUT2D eigenvalue weighted by Crippen LogP contribution is 2.18. The van der Waals surface area contributed by atoms with Crippen molar-refractivity contribution in [2.75, 3.05) is 35.6 Å². The highest BCUT2D eigenvalue weighted by atomic mass is 35.5. The molecule has 0 aliphatic carbocycles. The van der Waals surface area contributed by atoms with E-state index in [1.807, 2.05) is 42.1 Å². The minimum absolute atomic E-state index is 0. The standard InChI is InChI=1S/C18H21N3OS.2ClH/c19-17-7-2-1-6-16(17)18(22)20-15-5-3-4-14(12-15)13-21-8-10-23-11-9-21;;/h1-7,12H,8-11,13,19H2,(H,20,22);2*1H. The summed E-state index contributed by atoms with van der Waals surface area (Å²) in [5.41, 5.74) is 8.88. The summed E-state index contributed by atoms with van der Waals surface area (Å²) in [5.74, 6) is 2.22. The quantitative estimate of drug-likeness (QED) is 0.764. The molecule has 136 valence electrons. The van der Waals surface area contributed by atoms with Crippen LogP contribution in [-0.4, -0.2) is 35.4 Å². The van der Waals surface area contributed by atoms with E-state index in [-0.39, 0.29) is 30.7 Å². The van der Waals surface area contributed by atoms with Crippen molar-refractivity contribution >= 4 is 53.9 Å². The average molecular weight is 400 g/mol. The van der Waals surface area contributed by atoms with Gasteiger partial charge in [0.15, 0.2) is 0 Å². The Morgan fingerprint density at radius 1 is 1.08 bits per heavy atom. The Bertz CT molecular complexity index is 694. The Balaban J connectivity index is 0.00000156. The monoisotopic (exact) mass is 399 g/mol. The van der Waals surface area contributed by atoms with E-state index in [0.29, 0.717) is 11.3 Å². The molecule has 1 saturated heterocycles. The number of anilines is 2. The first-order valence-corrected chi connectivity index (χ1v) is 8.93. The molecular formula is C18H23Cl2N3OS. The van der Waals surface area contributed by atoms with Gasteiger partial charge in [-0.2, -0.15) is 11.8 Å². The largest absolute Gasteiger partial charge is 0.398 e. The maximum atomic E-state index is 12.3. The summed E-state index contributed by atoms with van der Waals surface area (Å²) >= 11 is 2.01. The number of nitrogen functional groups attached to an aromatic ring is 1. The average Bonchev–Trinajstić information content (AvgIpc) is 2.56. The summed E-state index contributed by atoms with van der Waals surface area (Å²) in [4.78, 5) is 14.8. The lowest BCUT2D eigenvalue weighted by Gasteiger charge is -2.26. The number of carbonyl (C=O) groups is 1. The van der Waals surface area contributed by atoms with Gasteiger partial charge < -0.3 is 11.1 Å². The van der Waals surface area contributed by atoms with Gasteiger partial charge in [0.05, 0.1) is 5.56 Å². The number of rotatable bonds is 4. The molecule has 4 nitrogen and oxygen atoms in total. The van der Waals surface area contributed by atoms with Crippen molar-refractivity contribution in [3.63, 3.8) is 0 Å². The molecule has 0 bridgehead atoms. The highest BCUT2D eigenvalue weighted by Gasteiger charge is 2.12. The smallest absolute Gasteiger partial charge is 0.257 e. The van der Waals surface area contributed by atoms with Crippen molar-refractivity contribution < 1.29 is 4.79 Å². The van der Waals surface area contributed by atoms with Gasteiger partial charge in [0.2, 0.25) is 0 Å². The molecule has 3 N–H and O–H groups in total. The number of hydrogen-bond acceptors (Lipinski definition) is 4. The van der Waals surface area contributed by atoms with Crippen LogP contribution in [0.4, 0.5) is 11.4 Å². The van der Waals surface area contributed by atoms with Crippen molar-refractivity contribution in [2.45, 2.75) is 6.54 Å². The van der Waals surface area contributed by atoms with Crippen LogP contribution in [0, 0.1) is 0 Å². The van der Waals surface area contributed by atoms with Gasteiger partial charge in [-0.15, -0.1) is 24.8 Å². The molecule has 1 aliphatic heterocycles. The first kappa shape index (κ1) is 21.6. The lowest BCUT2D eigenvalue weighted by molar-refractivity contribution is 0.102. The summed E-state index contributed by atoms with van der Waals surface area (Å²) in [6.07, 6.45) is 0. The van der Waals surface area contributed by atoms with Crippen LogP contribution in [0.3, 0.4) is 0 Å². The van der Waals surface area contributed by atoms with E-state index in [2.05, 4.69) is 16.3 Å². The van der Waals surface area contributed by atoms with E-state index in [9.17, 15) is 4.79 Å². The summed E-state index contributed by atoms with van der Waals surface area (Å²) in [6, 6.07) is 15.1. The van der Waals surface area contributed by atoms with Crippen molar-refractivity contribution in [3.05, 3.63) is 59.7 Å². The molecule has 1 amide bonds. The number of thioether (sulfide) groups is 1. The third-order valence-electron chi connectivity index (χ3n) is 3.90. The zero-order chi connectivity index (χ0) is 16.1. The molecule has 2 aromatic rings. The lowest BCUT2D eigenvalue weighted by Crippen LogP contribution is -2.31. The number of hydrogen-bond donors (Lipinski definition) is 2. The number of para-hydroxylation sites is 1. The van der Waals surface area contributed by atoms with E-state index in [0.717, 1.165) is 25.3 Å². The number of benzene rings is 2. The van der Waals surface area contributed by atoms with Crippen LogP contribution in [0.15, 0.2) is 48.5 Å². The van der Waals surface area contributed by atoms with Gasteiger partial charge >= 0.3 is 0 Å². The second-order valence-corrected chi connectivity index (χ2v) is 6.86. The first-order valence-electron chi connectivity index (χ1n) is 7.77. The van der Waals surface area contributed by atoms with Gasteiger partial charge in [0.1, 0.15) is 0 Å². The van der Waals surface area contributed by atoms with Gasteiger partial charge in [-0.25, -0.2) is 0 Å². The van der Waals surface area contributed by atoms with E-state index in [1.54, 1.807) is 12.1 Å². The number of halogens is 2. The Kier molecular flexibility index (Phi) is 9.14. The molecule has 0 radical (unpaired) electrons. The molecule has 2 aromatic carbocycles. The summed E-state index contributed by atoms with van der Waals surface area (Å²) in [5, 5.41) is 2.94. The van der Waals surface area contributed by atoms with Crippen LogP contribution in [0.1, 0.15) is 15.9 Å². The number of amides is 1. The maximum Gasteiger partial charge on any atom is 0.257 e. The fourth-order valence-corrected chi connectivity index (χ4v) is 3.65. The topological polar surface area (TPSA) is 58.4 Å². The number of carbonyl (C=O) groups excluding carboxylic acids is 1. The van der Waals surface area contributed by atoms with Gasteiger partial charge in [-0.1, -0.05) is 24.3 Å². The van der Waals surface area contributed by atoms with Crippen LogP contribution in [0.2, 0.25) is 0 Å². The van der Waals surface area contributed by atoms with E-state index < -0.39 is 0 Å². The Morgan fingerprint density at radius 3 is 2.52 bits per heavy atom. The van der Waals surface area contributed by atoms with Crippen molar-refractivity contribution in [3.8, 4) is 0 Å². The molecule has 25 heavy (non-hydrogen) atoms. The van der Waals surface area contributed by atoms with Gasteiger partial charge in [0.25, 0.3) is 5.91 Å². The summed E-state index contributed by atoms with van der Waals surface area (Å²) in [6.45, 7) is 3.18. The molecule has 7 heteroatoms.